The average molecular weight is 382 g/mol. The molecule has 0 saturated heterocycles. The standard InChI is InChI=1S/C24H35N3O/c1-5-6-12-20-27-21-22(28-20)18-14-13-17(16-19(18)26-23(21)25)11-9-7-8-10-15-24(2,3)4/h13-14,16H,5-12,15H2,1-4H3,(H2,25,26). The van der Waals surface area contributed by atoms with E-state index in [1.807, 2.05) is 0 Å². The predicted molar refractivity (Wildman–Crippen MR) is 119 cm³/mol. The van der Waals surface area contributed by atoms with E-state index in [4.69, 9.17) is 10.2 Å². The molecule has 3 rings (SSSR count). The van der Waals surface area contributed by atoms with E-state index < -0.39 is 0 Å². The Morgan fingerprint density at radius 1 is 0.964 bits per heavy atom. The lowest BCUT2D eigenvalue weighted by Crippen LogP contribution is -2.03. The largest absolute Gasteiger partial charge is 0.440 e. The van der Waals surface area contributed by atoms with Crippen LogP contribution in [0.15, 0.2) is 22.6 Å². The van der Waals surface area contributed by atoms with Crippen molar-refractivity contribution in [1.29, 1.82) is 0 Å². The molecule has 2 N–H and O–H groups in total. The highest BCUT2D eigenvalue weighted by Crippen LogP contribution is 2.30. The molecule has 0 aliphatic heterocycles. The number of aryl methyl sites for hydroxylation is 2. The smallest absolute Gasteiger partial charge is 0.195 e. The number of hydrogen-bond donors (Lipinski definition) is 1. The van der Waals surface area contributed by atoms with Gasteiger partial charge < -0.3 is 10.2 Å². The van der Waals surface area contributed by atoms with Gasteiger partial charge in [0, 0.05) is 11.8 Å². The van der Waals surface area contributed by atoms with Crippen LogP contribution in [0.5, 0.6) is 0 Å². The van der Waals surface area contributed by atoms with Crippen molar-refractivity contribution in [2.24, 2.45) is 5.41 Å². The molecular formula is C24H35N3O. The maximum Gasteiger partial charge on any atom is 0.195 e. The van der Waals surface area contributed by atoms with E-state index in [0.29, 0.717) is 16.7 Å². The van der Waals surface area contributed by atoms with E-state index in [-0.39, 0.29) is 0 Å². The van der Waals surface area contributed by atoms with Crippen LogP contribution in [0, 0.1) is 5.41 Å². The van der Waals surface area contributed by atoms with Crippen molar-refractivity contribution in [1.82, 2.24) is 9.97 Å². The van der Waals surface area contributed by atoms with Crippen molar-refractivity contribution in [2.45, 2.75) is 85.5 Å². The monoisotopic (exact) mass is 381 g/mol. The van der Waals surface area contributed by atoms with Crippen LogP contribution in [-0.4, -0.2) is 9.97 Å². The van der Waals surface area contributed by atoms with Gasteiger partial charge in [0.05, 0.1) is 5.52 Å². The molecule has 0 saturated carbocycles. The van der Waals surface area contributed by atoms with Crippen molar-refractivity contribution in [3.8, 4) is 0 Å². The van der Waals surface area contributed by atoms with Gasteiger partial charge in [0.25, 0.3) is 0 Å². The third kappa shape index (κ3) is 5.24. The first-order chi connectivity index (χ1) is 13.4. The third-order valence-electron chi connectivity index (χ3n) is 5.35. The summed E-state index contributed by atoms with van der Waals surface area (Å²) in [5, 5.41) is 1.01. The highest BCUT2D eigenvalue weighted by molar-refractivity contribution is 6.04. The van der Waals surface area contributed by atoms with Gasteiger partial charge in [-0.05, 0) is 48.8 Å². The quantitative estimate of drug-likeness (QED) is 0.412. The van der Waals surface area contributed by atoms with Crippen LogP contribution in [0.3, 0.4) is 0 Å². The summed E-state index contributed by atoms with van der Waals surface area (Å²) in [4.78, 5) is 9.16. The van der Waals surface area contributed by atoms with E-state index in [1.54, 1.807) is 0 Å². The zero-order chi connectivity index (χ0) is 20.1. The molecule has 0 amide bonds. The predicted octanol–water partition coefficient (Wildman–Crippen LogP) is 6.84. The molecule has 3 aromatic rings. The number of rotatable bonds is 9. The third-order valence-corrected chi connectivity index (χ3v) is 5.35. The number of pyridine rings is 1. The summed E-state index contributed by atoms with van der Waals surface area (Å²) in [6.45, 7) is 9.12. The fraction of sp³-hybridized carbons (Fsp3) is 0.583. The minimum Gasteiger partial charge on any atom is -0.440 e. The van der Waals surface area contributed by atoms with Crippen molar-refractivity contribution < 1.29 is 4.42 Å². The molecule has 0 unspecified atom stereocenters. The lowest BCUT2D eigenvalue weighted by atomic mass is 9.89. The molecule has 2 heterocycles. The molecule has 0 aliphatic carbocycles. The number of nitrogen functional groups attached to an aromatic ring is 1. The maximum atomic E-state index is 6.17. The van der Waals surface area contributed by atoms with E-state index in [1.165, 1.54) is 37.7 Å². The number of unbranched alkanes of at least 4 members (excludes halogenated alkanes) is 4. The number of benzene rings is 1. The Labute approximate surface area is 168 Å². The number of hydrogen-bond acceptors (Lipinski definition) is 4. The van der Waals surface area contributed by atoms with Crippen LogP contribution in [0.25, 0.3) is 22.0 Å². The Kier molecular flexibility index (Phi) is 6.58. The first-order valence-electron chi connectivity index (χ1n) is 10.8. The van der Waals surface area contributed by atoms with Gasteiger partial charge in [-0.15, -0.1) is 0 Å². The molecule has 0 spiro atoms. The van der Waals surface area contributed by atoms with Crippen molar-refractivity contribution in [2.75, 3.05) is 5.73 Å². The number of anilines is 1. The van der Waals surface area contributed by atoms with Gasteiger partial charge in [-0.2, -0.15) is 0 Å². The second-order valence-corrected chi connectivity index (χ2v) is 9.21. The van der Waals surface area contributed by atoms with Crippen molar-refractivity contribution in [3.05, 3.63) is 29.7 Å². The van der Waals surface area contributed by atoms with Gasteiger partial charge in [0.1, 0.15) is 0 Å². The van der Waals surface area contributed by atoms with Gasteiger partial charge in [0.2, 0.25) is 0 Å². The van der Waals surface area contributed by atoms with Gasteiger partial charge in [-0.25, -0.2) is 9.97 Å². The molecule has 0 radical (unpaired) electrons. The van der Waals surface area contributed by atoms with Crippen LogP contribution < -0.4 is 5.73 Å². The zero-order valence-electron chi connectivity index (χ0n) is 18.0. The van der Waals surface area contributed by atoms with Crippen LogP contribution in [0.1, 0.15) is 84.1 Å². The first-order valence-corrected chi connectivity index (χ1v) is 10.8. The topological polar surface area (TPSA) is 64.9 Å². The second kappa shape index (κ2) is 8.93. The van der Waals surface area contributed by atoms with Crippen LogP contribution in [0.2, 0.25) is 0 Å². The molecule has 28 heavy (non-hydrogen) atoms. The van der Waals surface area contributed by atoms with Crippen LogP contribution >= 0.6 is 0 Å². The summed E-state index contributed by atoms with van der Waals surface area (Å²) in [6, 6.07) is 6.48. The summed E-state index contributed by atoms with van der Waals surface area (Å²) < 4.78 is 6.03. The molecule has 2 aromatic heterocycles. The molecule has 0 fully saturated rings. The number of aromatic nitrogens is 2. The first kappa shape index (κ1) is 20.6. The SMILES string of the molecule is CCCCc1nc2c(N)nc3cc(CCCCCCC(C)(C)C)ccc3c2o1. The zero-order valence-corrected chi connectivity index (χ0v) is 18.0. The second-order valence-electron chi connectivity index (χ2n) is 9.21. The van der Waals surface area contributed by atoms with E-state index in [9.17, 15) is 0 Å². The summed E-state index contributed by atoms with van der Waals surface area (Å²) in [5.74, 6) is 1.23. The molecule has 1 aromatic carbocycles. The van der Waals surface area contributed by atoms with Gasteiger partial charge in [-0.3, -0.25) is 0 Å². The number of nitrogens with two attached hydrogens (primary N) is 1. The summed E-state index contributed by atoms with van der Waals surface area (Å²) in [5.41, 5.74) is 10.3. The molecule has 4 nitrogen and oxygen atoms in total. The molecule has 152 valence electrons. The van der Waals surface area contributed by atoms with Gasteiger partial charge in [0.15, 0.2) is 22.8 Å². The van der Waals surface area contributed by atoms with Gasteiger partial charge in [-0.1, -0.05) is 59.4 Å². The Bertz CT molecular complexity index is 921. The van der Waals surface area contributed by atoms with Crippen molar-refractivity contribution in [3.63, 3.8) is 0 Å². The lowest BCUT2D eigenvalue weighted by molar-refractivity contribution is 0.357. The molecule has 0 bridgehead atoms. The molecule has 4 heteroatoms. The summed E-state index contributed by atoms with van der Waals surface area (Å²) in [6.07, 6.45) is 10.6. The number of oxazole rings is 1. The molecular weight excluding hydrogens is 346 g/mol. The minimum absolute atomic E-state index is 0.451. The Balaban J connectivity index is 1.67. The summed E-state index contributed by atoms with van der Waals surface area (Å²) in [7, 11) is 0. The maximum absolute atomic E-state index is 6.17. The molecule has 0 aliphatic rings. The summed E-state index contributed by atoms with van der Waals surface area (Å²) >= 11 is 0. The van der Waals surface area contributed by atoms with Crippen molar-refractivity contribution >= 4 is 27.8 Å². The number of nitrogens with zero attached hydrogens (tertiary/aromatic N) is 2. The van der Waals surface area contributed by atoms with Crippen LogP contribution in [0.4, 0.5) is 5.82 Å². The Hall–Kier alpha value is -2.10. The van der Waals surface area contributed by atoms with E-state index in [0.717, 1.165) is 48.1 Å². The number of fused-ring (bicyclic) bond motifs is 3. The van der Waals surface area contributed by atoms with Crippen LogP contribution in [-0.2, 0) is 12.8 Å². The van der Waals surface area contributed by atoms with Gasteiger partial charge >= 0.3 is 0 Å². The highest BCUT2D eigenvalue weighted by Gasteiger charge is 2.14. The normalized spacial score (nSPS) is 12.3. The van der Waals surface area contributed by atoms with E-state index >= 15 is 0 Å². The Morgan fingerprint density at radius 3 is 2.50 bits per heavy atom. The van der Waals surface area contributed by atoms with E-state index in [2.05, 4.69) is 55.9 Å². The Morgan fingerprint density at radius 2 is 1.75 bits per heavy atom. The fourth-order valence-corrected chi connectivity index (χ4v) is 3.69. The lowest BCUT2D eigenvalue weighted by Gasteiger charge is -2.17. The highest BCUT2D eigenvalue weighted by atomic mass is 16.3. The molecule has 0 atom stereocenters. The minimum atomic E-state index is 0.451. The average Bonchev–Trinajstić information content (AvgIpc) is 3.07. The fourth-order valence-electron chi connectivity index (χ4n) is 3.69.